The SMILES string of the molecule is O=C1CN(C2CC2)C(=O)CN1Cc1ccccc1. The first kappa shape index (κ1) is 11.3. The third-order valence-corrected chi connectivity index (χ3v) is 3.51. The summed E-state index contributed by atoms with van der Waals surface area (Å²) in [6.07, 6.45) is 2.11. The van der Waals surface area contributed by atoms with Crippen LogP contribution in [0.4, 0.5) is 0 Å². The Bertz CT molecular complexity index is 468. The molecule has 94 valence electrons. The van der Waals surface area contributed by atoms with Gasteiger partial charge in [-0.15, -0.1) is 0 Å². The first-order chi connectivity index (χ1) is 8.74. The summed E-state index contributed by atoms with van der Waals surface area (Å²) in [5, 5.41) is 0. The van der Waals surface area contributed by atoms with E-state index in [2.05, 4.69) is 0 Å². The molecule has 1 saturated carbocycles. The average molecular weight is 244 g/mol. The van der Waals surface area contributed by atoms with Crippen molar-refractivity contribution in [3.05, 3.63) is 35.9 Å². The minimum atomic E-state index is 0.0605. The van der Waals surface area contributed by atoms with Gasteiger partial charge in [-0.3, -0.25) is 9.59 Å². The highest BCUT2D eigenvalue weighted by Gasteiger charge is 2.38. The summed E-state index contributed by atoms with van der Waals surface area (Å²) < 4.78 is 0. The van der Waals surface area contributed by atoms with Gasteiger partial charge >= 0.3 is 0 Å². The van der Waals surface area contributed by atoms with Gasteiger partial charge < -0.3 is 9.80 Å². The molecule has 0 radical (unpaired) electrons. The summed E-state index contributed by atoms with van der Waals surface area (Å²) in [6.45, 7) is 1.02. The Morgan fingerprint density at radius 3 is 2.39 bits per heavy atom. The number of amides is 2. The van der Waals surface area contributed by atoms with Crippen molar-refractivity contribution in [3.8, 4) is 0 Å². The van der Waals surface area contributed by atoms with E-state index in [1.165, 1.54) is 0 Å². The van der Waals surface area contributed by atoms with E-state index >= 15 is 0 Å². The zero-order valence-corrected chi connectivity index (χ0v) is 10.2. The van der Waals surface area contributed by atoms with Crippen molar-refractivity contribution in [2.24, 2.45) is 0 Å². The molecule has 2 fully saturated rings. The molecule has 2 amide bonds. The van der Waals surface area contributed by atoms with Gasteiger partial charge in [0.05, 0.1) is 0 Å². The Morgan fingerprint density at radius 1 is 1.00 bits per heavy atom. The van der Waals surface area contributed by atoms with Gasteiger partial charge in [0.1, 0.15) is 13.1 Å². The zero-order valence-electron chi connectivity index (χ0n) is 10.2. The quantitative estimate of drug-likeness (QED) is 0.796. The molecule has 4 heteroatoms. The lowest BCUT2D eigenvalue weighted by Crippen LogP contribution is -2.54. The second kappa shape index (κ2) is 4.44. The van der Waals surface area contributed by atoms with Crippen LogP contribution in [0, 0.1) is 0 Å². The molecule has 18 heavy (non-hydrogen) atoms. The van der Waals surface area contributed by atoms with Crippen molar-refractivity contribution in [1.82, 2.24) is 9.80 Å². The smallest absolute Gasteiger partial charge is 0.242 e. The second-order valence-electron chi connectivity index (χ2n) is 4.99. The molecule has 1 aromatic carbocycles. The topological polar surface area (TPSA) is 40.6 Å². The number of benzene rings is 1. The van der Waals surface area contributed by atoms with Crippen molar-refractivity contribution in [3.63, 3.8) is 0 Å². The fraction of sp³-hybridized carbons (Fsp3) is 0.429. The highest BCUT2D eigenvalue weighted by atomic mass is 16.2. The van der Waals surface area contributed by atoms with Crippen LogP contribution >= 0.6 is 0 Å². The average Bonchev–Trinajstić information content (AvgIpc) is 3.19. The first-order valence-electron chi connectivity index (χ1n) is 6.35. The van der Waals surface area contributed by atoms with Gasteiger partial charge in [-0.05, 0) is 18.4 Å². The van der Waals surface area contributed by atoms with Crippen LogP contribution in [0.3, 0.4) is 0 Å². The molecule has 3 rings (SSSR count). The Balaban J connectivity index is 1.67. The second-order valence-corrected chi connectivity index (χ2v) is 4.99. The Morgan fingerprint density at radius 2 is 1.72 bits per heavy atom. The maximum absolute atomic E-state index is 12.0. The largest absolute Gasteiger partial charge is 0.329 e. The first-order valence-corrected chi connectivity index (χ1v) is 6.35. The highest BCUT2D eigenvalue weighted by Crippen LogP contribution is 2.28. The molecular weight excluding hydrogens is 228 g/mol. The molecule has 0 bridgehead atoms. The van der Waals surface area contributed by atoms with Gasteiger partial charge in [-0.25, -0.2) is 0 Å². The summed E-state index contributed by atoms with van der Waals surface area (Å²) in [7, 11) is 0. The monoisotopic (exact) mass is 244 g/mol. The van der Waals surface area contributed by atoms with Crippen molar-refractivity contribution >= 4 is 11.8 Å². The van der Waals surface area contributed by atoms with Crippen LogP contribution in [0.2, 0.25) is 0 Å². The van der Waals surface area contributed by atoms with E-state index in [0.717, 1.165) is 18.4 Å². The molecular formula is C14H16N2O2. The fourth-order valence-electron chi connectivity index (χ4n) is 2.34. The van der Waals surface area contributed by atoms with Crippen LogP contribution in [0.5, 0.6) is 0 Å². The Hall–Kier alpha value is -1.84. The number of rotatable bonds is 3. The maximum Gasteiger partial charge on any atom is 0.242 e. The molecule has 1 aromatic rings. The van der Waals surface area contributed by atoms with Crippen LogP contribution in [-0.2, 0) is 16.1 Å². The Kier molecular flexibility index (Phi) is 2.78. The van der Waals surface area contributed by atoms with Crippen molar-refractivity contribution in [2.75, 3.05) is 13.1 Å². The lowest BCUT2D eigenvalue weighted by atomic mass is 10.2. The van der Waals surface area contributed by atoms with E-state index in [9.17, 15) is 9.59 Å². The zero-order chi connectivity index (χ0) is 12.5. The van der Waals surface area contributed by atoms with Gasteiger partial charge in [0.2, 0.25) is 11.8 Å². The van der Waals surface area contributed by atoms with Crippen molar-refractivity contribution < 1.29 is 9.59 Å². The summed E-state index contributed by atoms with van der Waals surface area (Å²) in [6, 6.07) is 10.1. The third-order valence-electron chi connectivity index (χ3n) is 3.51. The lowest BCUT2D eigenvalue weighted by Gasteiger charge is -2.34. The summed E-state index contributed by atoms with van der Waals surface area (Å²) >= 11 is 0. The maximum atomic E-state index is 12.0. The summed E-state index contributed by atoms with van der Waals surface area (Å²) in [5.74, 6) is 0.151. The molecule has 2 aliphatic rings. The molecule has 0 spiro atoms. The van der Waals surface area contributed by atoms with Crippen LogP contribution in [0.25, 0.3) is 0 Å². The van der Waals surface area contributed by atoms with E-state index in [1.54, 1.807) is 9.80 Å². The minimum Gasteiger partial charge on any atom is -0.329 e. The number of carbonyl (C=O) groups excluding carboxylic acids is 2. The number of nitrogens with zero attached hydrogens (tertiary/aromatic N) is 2. The molecule has 1 saturated heterocycles. The van der Waals surface area contributed by atoms with Crippen LogP contribution < -0.4 is 0 Å². The van der Waals surface area contributed by atoms with Crippen LogP contribution in [-0.4, -0.2) is 40.7 Å². The van der Waals surface area contributed by atoms with Crippen LogP contribution in [0.15, 0.2) is 30.3 Å². The molecule has 4 nitrogen and oxygen atoms in total. The molecule has 1 aliphatic carbocycles. The third kappa shape index (κ3) is 2.23. The highest BCUT2D eigenvalue weighted by molar-refractivity contribution is 5.92. The minimum absolute atomic E-state index is 0.0605. The predicted molar refractivity (Wildman–Crippen MR) is 66.6 cm³/mol. The normalized spacial score (nSPS) is 20.4. The van der Waals surface area contributed by atoms with E-state index in [1.807, 2.05) is 30.3 Å². The van der Waals surface area contributed by atoms with Gasteiger partial charge in [0.25, 0.3) is 0 Å². The number of piperazine rings is 1. The Labute approximate surface area is 106 Å². The molecule has 0 atom stereocenters. The van der Waals surface area contributed by atoms with E-state index in [0.29, 0.717) is 12.6 Å². The van der Waals surface area contributed by atoms with Gasteiger partial charge in [0.15, 0.2) is 0 Å². The summed E-state index contributed by atoms with van der Waals surface area (Å²) in [4.78, 5) is 27.4. The van der Waals surface area contributed by atoms with E-state index < -0.39 is 0 Å². The predicted octanol–water partition coefficient (Wildman–Crippen LogP) is 1.02. The molecule has 1 heterocycles. The summed E-state index contributed by atoms with van der Waals surface area (Å²) in [5.41, 5.74) is 1.07. The van der Waals surface area contributed by atoms with Gasteiger partial charge in [-0.1, -0.05) is 30.3 Å². The number of carbonyl (C=O) groups is 2. The van der Waals surface area contributed by atoms with Gasteiger partial charge in [-0.2, -0.15) is 0 Å². The molecule has 0 unspecified atom stereocenters. The molecule has 1 aliphatic heterocycles. The van der Waals surface area contributed by atoms with Gasteiger partial charge in [0, 0.05) is 12.6 Å². The lowest BCUT2D eigenvalue weighted by molar-refractivity contribution is -0.151. The number of hydrogen-bond acceptors (Lipinski definition) is 2. The van der Waals surface area contributed by atoms with Crippen LogP contribution in [0.1, 0.15) is 18.4 Å². The van der Waals surface area contributed by atoms with Crippen molar-refractivity contribution in [1.29, 1.82) is 0 Å². The van der Waals surface area contributed by atoms with Crippen molar-refractivity contribution in [2.45, 2.75) is 25.4 Å². The standard InChI is InChI=1S/C14H16N2O2/c17-13-10-16(12-6-7-12)14(18)9-15(13)8-11-4-2-1-3-5-11/h1-5,12H,6-10H2. The fourth-order valence-corrected chi connectivity index (χ4v) is 2.34. The molecule has 0 N–H and O–H groups in total. The molecule has 0 aromatic heterocycles. The van der Waals surface area contributed by atoms with E-state index in [4.69, 9.17) is 0 Å². The number of hydrogen-bond donors (Lipinski definition) is 0. The van der Waals surface area contributed by atoms with E-state index in [-0.39, 0.29) is 24.9 Å².